The van der Waals surface area contributed by atoms with E-state index in [9.17, 15) is 14.4 Å². The van der Waals surface area contributed by atoms with Crippen molar-refractivity contribution in [3.63, 3.8) is 0 Å². The standard InChI is InChI=1S/C41H78O6/c1-4-7-10-13-14-15-16-17-18-19-20-21-22-23-24-25-26-29-31-34-40(43)46-37-38(47-41(44)35-32-28-12-9-6-3)36-45-39(42)33-30-27-11-8-5-2/h38H,4-37H2,1-3H3. The number of carbonyl (C=O) groups is 3. The zero-order valence-corrected chi connectivity index (χ0v) is 31.6. The Hall–Kier alpha value is -1.59. The van der Waals surface area contributed by atoms with Gasteiger partial charge in [-0.2, -0.15) is 0 Å². The van der Waals surface area contributed by atoms with Gasteiger partial charge in [-0.15, -0.1) is 0 Å². The summed E-state index contributed by atoms with van der Waals surface area (Å²) in [7, 11) is 0. The maximum Gasteiger partial charge on any atom is 0.306 e. The van der Waals surface area contributed by atoms with Crippen LogP contribution in [0.25, 0.3) is 0 Å². The lowest BCUT2D eigenvalue weighted by Gasteiger charge is -2.18. The highest BCUT2D eigenvalue weighted by Gasteiger charge is 2.19. The van der Waals surface area contributed by atoms with Gasteiger partial charge in [0.05, 0.1) is 0 Å². The molecule has 0 N–H and O–H groups in total. The van der Waals surface area contributed by atoms with Crippen molar-refractivity contribution in [2.24, 2.45) is 0 Å². The summed E-state index contributed by atoms with van der Waals surface area (Å²) in [5.41, 5.74) is 0. The van der Waals surface area contributed by atoms with Gasteiger partial charge in [0.2, 0.25) is 0 Å². The van der Waals surface area contributed by atoms with Crippen LogP contribution in [0.2, 0.25) is 0 Å². The molecule has 1 atom stereocenters. The summed E-state index contributed by atoms with van der Waals surface area (Å²) in [4.78, 5) is 37.0. The second kappa shape index (κ2) is 37.2. The summed E-state index contributed by atoms with van der Waals surface area (Å²) in [6.07, 6.45) is 35.8. The molecule has 6 nitrogen and oxygen atoms in total. The molecular formula is C41H78O6. The van der Waals surface area contributed by atoms with E-state index < -0.39 is 6.10 Å². The molecule has 278 valence electrons. The Morgan fingerprint density at radius 1 is 0.340 bits per heavy atom. The largest absolute Gasteiger partial charge is 0.462 e. The van der Waals surface area contributed by atoms with E-state index >= 15 is 0 Å². The molecule has 0 aromatic carbocycles. The molecule has 0 radical (unpaired) electrons. The van der Waals surface area contributed by atoms with E-state index in [4.69, 9.17) is 14.2 Å². The quantitative estimate of drug-likeness (QED) is 0.0373. The third kappa shape index (κ3) is 35.5. The lowest BCUT2D eigenvalue weighted by Crippen LogP contribution is -2.30. The van der Waals surface area contributed by atoms with Crippen LogP contribution in [-0.4, -0.2) is 37.2 Å². The Morgan fingerprint density at radius 3 is 0.851 bits per heavy atom. The fraction of sp³-hybridized carbons (Fsp3) is 0.927. The Labute approximate surface area is 291 Å². The molecule has 0 saturated heterocycles. The second-order valence-corrected chi connectivity index (χ2v) is 13.9. The van der Waals surface area contributed by atoms with Crippen LogP contribution in [0.3, 0.4) is 0 Å². The molecular weight excluding hydrogens is 588 g/mol. The van der Waals surface area contributed by atoms with Gasteiger partial charge in [0, 0.05) is 19.3 Å². The highest BCUT2D eigenvalue weighted by molar-refractivity contribution is 5.71. The van der Waals surface area contributed by atoms with Crippen LogP contribution in [-0.2, 0) is 28.6 Å². The first kappa shape index (κ1) is 45.4. The molecule has 0 rings (SSSR count). The molecule has 0 saturated carbocycles. The second-order valence-electron chi connectivity index (χ2n) is 13.9. The third-order valence-electron chi connectivity index (χ3n) is 9.11. The van der Waals surface area contributed by atoms with E-state index in [-0.39, 0.29) is 31.1 Å². The first-order valence-electron chi connectivity index (χ1n) is 20.5. The fourth-order valence-corrected chi connectivity index (χ4v) is 5.97. The van der Waals surface area contributed by atoms with Gasteiger partial charge in [0.15, 0.2) is 6.10 Å². The molecule has 0 aliphatic carbocycles. The van der Waals surface area contributed by atoms with Crippen molar-refractivity contribution in [2.45, 2.75) is 232 Å². The average molecular weight is 667 g/mol. The first-order chi connectivity index (χ1) is 23.0. The number of hydrogen-bond acceptors (Lipinski definition) is 6. The number of esters is 3. The number of unbranched alkanes of at least 4 members (excludes halogenated alkanes) is 26. The van der Waals surface area contributed by atoms with Crippen molar-refractivity contribution < 1.29 is 28.6 Å². The van der Waals surface area contributed by atoms with Gasteiger partial charge in [-0.25, -0.2) is 0 Å². The van der Waals surface area contributed by atoms with Crippen molar-refractivity contribution in [3.05, 3.63) is 0 Å². The van der Waals surface area contributed by atoms with E-state index in [1.54, 1.807) is 0 Å². The SMILES string of the molecule is CCCCCCCCCCCCCCCCCCCCCC(=O)OCC(COC(=O)CCCCCCC)OC(=O)CCCCCCC. The van der Waals surface area contributed by atoms with E-state index in [0.717, 1.165) is 70.6 Å². The lowest BCUT2D eigenvalue weighted by atomic mass is 10.0. The topological polar surface area (TPSA) is 78.9 Å². The Balaban J connectivity index is 3.97. The minimum Gasteiger partial charge on any atom is -0.462 e. The molecule has 0 aliphatic rings. The molecule has 0 aliphatic heterocycles. The normalized spacial score (nSPS) is 11.8. The monoisotopic (exact) mass is 667 g/mol. The molecule has 6 heteroatoms. The van der Waals surface area contributed by atoms with E-state index in [0.29, 0.717) is 19.3 Å². The predicted octanol–water partition coefficient (Wildman–Crippen LogP) is 12.5. The maximum absolute atomic E-state index is 12.4. The molecule has 0 bridgehead atoms. The van der Waals surface area contributed by atoms with E-state index in [2.05, 4.69) is 20.8 Å². The molecule has 47 heavy (non-hydrogen) atoms. The Bertz CT molecular complexity index is 693. The minimum atomic E-state index is -0.753. The van der Waals surface area contributed by atoms with E-state index in [1.165, 1.54) is 116 Å². The van der Waals surface area contributed by atoms with Crippen LogP contribution in [0.1, 0.15) is 226 Å². The number of hydrogen-bond donors (Lipinski definition) is 0. The molecule has 0 fully saturated rings. The van der Waals surface area contributed by atoms with Gasteiger partial charge in [-0.1, -0.05) is 188 Å². The van der Waals surface area contributed by atoms with Gasteiger partial charge < -0.3 is 14.2 Å². The van der Waals surface area contributed by atoms with Crippen molar-refractivity contribution in [1.29, 1.82) is 0 Å². The van der Waals surface area contributed by atoms with Gasteiger partial charge in [0.25, 0.3) is 0 Å². The summed E-state index contributed by atoms with van der Waals surface area (Å²) in [5, 5.41) is 0. The lowest BCUT2D eigenvalue weighted by molar-refractivity contribution is -0.167. The highest BCUT2D eigenvalue weighted by atomic mass is 16.6. The Kier molecular flexibility index (Phi) is 36.0. The van der Waals surface area contributed by atoms with Crippen LogP contribution >= 0.6 is 0 Å². The summed E-state index contributed by atoms with van der Waals surface area (Å²) < 4.78 is 16.4. The fourth-order valence-electron chi connectivity index (χ4n) is 5.97. The van der Waals surface area contributed by atoms with Crippen molar-refractivity contribution >= 4 is 17.9 Å². The Morgan fingerprint density at radius 2 is 0.574 bits per heavy atom. The number of ether oxygens (including phenoxy) is 3. The summed E-state index contributed by atoms with van der Waals surface area (Å²) in [5.74, 6) is -0.890. The molecule has 0 aromatic rings. The van der Waals surface area contributed by atoms with Crippen LogP contribution < -0.4 is 0 Å². The smallest absolute Gasteiger partial charge is 0.306 e. The third-order valence-corrected chi connectivity index (χ3v) is 9.11. The summed E-state index contributed by atoms with van der Waals surface area (Å²) in [6.45, 7) is 6.47. The average Bonchev–Trinajstić information content (AvgIpc) is 3.06. The molecule has 0 amide bonds. The van der Waals surface area contributed by atoms with Gasteiger partial charge in [-0.3, -0.25) is 14.4 Å². The maximum atomic E-state index is 12.4. The van der Waals surface area contributed by atoms with E-state index in [1.807, 2.05) is 0 Å². The number of carbonyl (C=O) groups excluding carboxylic acids is 3. The summed E-state index contributed by atoms with van der Waals surface area (Å²) >= 11 is 0. The number of rotatable bonds is 37. The first-order valence-corrected chi connectivity index (χ1v) is 20.5. The zero-order chi connectivity index (χ0) is 34.5. The predicted molar refractivity (Wildman–Crippen MR) is 197 cm³/mol. The van der Waals surface area contributed by atoms with Gasteiger partial charge in [0.1, 0.15) is 13.2 Å². The van der Waals surface area contributed by atoms with Crippen molar-refractivity contribution in [1.82, 2.24) is 0 Å². The highest BCUT2D eigenvalue weighted by Crippen LogP contribution is 2.15. The van der Waals surface area contributed by atoms with Crippen LogP contribution in [0.5, 0.6) is 0 Å². The molecule has 0 heterocycles. The molecule has 1 unspecified atom stereocenters. The van der Waals surface area contributed by atoms with Crippen LogP contribution in [0.4, 0.5) is 0 Å². The van der Waals surface area contributed by atoms with Crippen molar-refractivity contribution in [2.75, 3.05) is 13.2 Å². The van der Waals surface area contributed by atoms with Crippen molar-refractivity contribution in [3.8, 4) is 0 Å². The van der Waals surface area contributed by atoms with Crippen LogP contribution in [0, 0.1) is 0 Å². The molecule has 0 aromatic heterocycles. The van der Waals surface area contributed by atoms with Gasteiger partial charge >= 0.3 is 17.9 Å². The minimum absolute atomic E-state index is 0.0662. The summed E-state index contributed by atoms with van der Waals surface area (Å²) in [6, 6.07) is 0. The van der Waals surface area contributed by atoms with Gasteiger partial charge in [-0.05, 0) is 19.3 Å². The zero-order valence-electron chi connectivity index (χ0n) is 31.6. The molecule has 0 spiro atoms. The van der Waals surface area contributed by atoms with Crippen LogP contribution in [0.15, 0.2) is 0 Å².